The molecule has 34 heavy (non-hydrogen) atoms. The Bertz CT molecular complexity index is 1030. The van der Waals surface area contributed by atoms with Gasteiger partial charge in [0.05, 0.1) is 13.2 Å². The fourth-order valence-electron chi connectivity index (χ4n) is 4.36. The van der Waals surface area contributed by atoms with Crippen LogP contribution in [0.5, 0.6) is 0 Å². The van der Waals surface area contributed by atoms with Crippen LogP contribution in [0.2, 0.25) is 0 Å². The van der Waals surface area contributed by atoms with Gasteiger partial charge < -0.3 is 30.3 Å². The van der Waals surface area contributed by atoms with Crippen molar-refractivity contribution in [3.8, 4) is 0 Å². The zero-order valence-corrected chi connectivity index (χ0v) is 19.2. The zero-order chi connectivity index (χ0) is 24.1. The van der Waals surface area contributed by atoms with E-state index < -0.39 is 12.2 Å². The van der Waals surface area contributed by atoms with Crippen molar-refractivity contribution in [3.63, 3.8) is 0 Å². The number of fused-ring (bicyclic) bond motifs is 1. The minimum Gasteiger partial charge on any atom is -0.453 e. The Balaban J connectivity index is 1.26. The van der Waals surface area contributed by atoms with Gasteiger partial charge in [0.1, 0.15) is 0 Å². The molecule has 9 heteroatoms. The third kappa shape index (κ3) is 5.37. The molecule has 2 heterocycles. The second kappa shape index (κ2) is 10.7. The number of nitrogens with one attached hydrogen (secondary N) is 2. The van der Waals surface area contributed by atoms with Crippen LogP contribution in [0.1, 0.15) is 31.8 Å². The van der Waals surface area contributed by atoms with Crippen LogP contribution in [-0.4, -0.2) is 84.8 Å². The Labute approximate surface area is 198 Å². The molecule has 0 bridgehead atoms. The Morgan fingerprint density at radius 3 is 2.29 bits per heavy atom. The van der Waals surface area contributed by atoms with Gasteiger partial charge in [0.15, 0.2) is 0 Å². The molecule has 9 nitrogen and oxygen atoms in total. The number of aliphatic hydroxyl groups excluding tert-OH is 1. The van der Waals surface area contributed by atoms with E-state index in [0.717, 1.165) is 0 Å². The summed E-state index contributed by atoms with van der Waals surface area (Å²) in [7, 11) is 1.34. The number of nitrogens with zero attached hydrogens (tertiary/aromatic N) is 2. The van der Waals surface area contributed by atoms with Gasteiger partial charge in [0.2, 0.25) is 0 Å². The molecule has 2 atom stereocenters. The first-order valence-electron chi connectivity index (χ1n) is 11.4. The quantitative estimate of drug-likeness (QED) is 0.607. The molecular weight excluding hydrogens is 436 g/mol. The number of hydrogen-bond acceptors (Lipinski definition) is 6. The summed E-state index contributed by atoms with van der Waals surface area (Å²) in [5.41, 5.74) is 3.34. The van der Waals surface area contributed by atoms with Gasteiger partial charge in [-0.15, -0.1) is 0 Å². The van der Waals surface area contributed by atoms with Gasteiger partial charge >= 0.3 is 6.09 Å². The van der Waals surface area contributed by atoms with Crippen LogP contribution in [0.3, 0.4) is 0 Å². The number of rotatable bonds is 5. The van der Waals surface area contributed by atoms with Gasteiger partial charge in [-0.2, -0.15) is 0 Å². The number of amides is 3. The molecule has 1 fully saturated rings. The van der Waals surface area contributed by atoms with Crippen LogP contribution >= 0.6 is 0 Å². The molecule has 3 N–H and O–H groups in total. The summed E-state index contributed by atoms with van der Waals surface area (Å²) in [5.74, 6) is -0.448. The summed E-state index contributed by atoms with van der Waals surface area (Å²) in [6.07, 6.45) is -0.406. The number of aliphatic hydroxyl groups is 1. The van der Waals surface area contributed by atoms with E-state index in [0.29, 0.717) is 50.3 Å². The molecule has 2 aliphatic heterocycles. The van der Waals surface area contributed by atoms with Gasteiger partial charge in [0, 0.05) is 56.4 Å². The predicted molar refractivity (Wildman–Crippen MR) is 125 cm³/mol. The molecule has 4 rings (SSSR count). The third-order valence-corrected chi connectivity index (χ3v) is 6.44. The standard InChI is InChI=1S/C25H30N4O5/c1-34-25(33)29-12-10-28(11-13-29)24(32)18-8-6-17(7-9-18)23(31)27-16-22(30)21-14-19-4-2-3-5-20(19)15-26-21/h2-9,21-22,26,30H,10-16H2,1H3,(H,27,31)/t21-,22?/m0/s1. The van der Waals surface area contributed by atoms with Crippen LogP contribution in [0.25, 0.3) is 0 Å². The summed E-state index contributed by atoms with van der Waals surface area (Å²) >= 11 is 0. The fraction of sp³-hybridized carbons (Fsp3) is 0.400. The molecule has 2 aromatic carbocycles. The fourth-order valence-corrected chi connectivity index (χ4v) is 4.36. The first-order chi connectivity index (χ1) is 16.5. The zero-order valence-electron chi connectivity index (χ0n) is 19.2. The average molecular weight is 467 g/mol. The van der Waals surface area contributed by atoms with Crippen molar-refractivity contribution in [1.82, 2.24) is 20.4 Å². The highest BCUT2D eigenvalue weighted by Crippen LogP contribution is 2.18. The number of methoxy groups -OCH3 is 1. The minimum atomic E-state index is -0.721. The number of ether oxygens (including phenoxy) is 1. The van der Waals surface area contributed by atoms with Crippen LogP contribution < -0.4 is 10.6 Å². The molecule has 0 aliphatic carbocycles. The summed E-state index contributed by atoms with van der Waals surface area (Å²) in [4.78, 5) is 40.1. The minimum absolute atomic E-state index is 0.129. The monoisotopic (exact) mass is 466 g/mol. The number of carbonyl (C=O) groups is 3. The number of piperazine rings is 1. The first kappa shape index (κ1) is 23.7. The maximum atomic E-state index is 12.8. The lowest BCUT2D eigenvalue weighted by Gasteiger charge is -2.33. The molecule has 0 spiro atoms. The lowest BCUT2D eigenvalue weighted by molar-refractivity contribution is 0.0599. The highest BCUT2D eigenvalue weighted by molar-refractivity contribution is 5.98. The Kier molecular flexibility index (Phi) is 7.44. The Hall–Kier alpha value is -3.43. The van der Waals surface area contributed by atoms with E-state index in [9.17, 15) is 19.5 Å². The second-order valence-electron chi connectivity index (χ2n) is 8.56. The van der Waals surface area contributed by atoms with Gasteiger partial charge in [-0.1, -0.05) is 24.3 Å². The van der Waals surface area contributed by atoms with Crippen molar-refractivity contribution in [3.05, 3.63) is 70.8 Å². The van der Waals surface area contributed by atoms with E-state index in [1.165, 1.54) is 18.2 Å². The van der Waals surface area contributed by atoms with E-state index in [4.69, 9.17) is 4.74 Å². The molecule has 2 aliphatic rings. The SMILES string of the molecule is COC(=O)N1CCN(C(=O)c2ccc(C(=O)NCC(O)[C@@H]3Cc4ccccc4CN3)cc2)CC1. The first-order valence-corrected chi connectivity index (χ1v) is 11.4. The molecule has 0 radical (unpaired) electrons. The predicted octanol–water partition coefficient (Wildman–Crippen LogP) is 1.02. The smallest absolute Gasteiger partial charge is 0.409 e. The van der Waals surface area contributed by atoms with Crippen LogP contribution in [0.15, 0.2) is 48.5 Å². The summed E-state index contributed by atoms with van der Waals surface area (Å²) in [6.45, 7) is 2.51. The van der Waals surface area contributed by atoms with Crippen LogP contribution in [-0.2, 0) is 17.7 Å². The van der Waals surface area contributed by atoms with Gasteiger partial charge in [-0.25, -0.2) is 4.79 Å². The highest BCUT2D eigenvalue weighted by Gasteiger charge is 2.26. The summed E-state index contributed by atoms with van der Waals surface area (Å²) in [6, 6.07) is 14.5. The largest absolute Gasteiger partial charge is 0.453 e. The lowest BCUT2D eigenvalue weighted by Crippen LogP contribution is -2.50. The molecule has 180 valence electrons. The molecule has 3 amide bonds. The van der Waals surface area contributed by atoms with Crippen molar-refractivity contribution < 1.29 is 24.2 Å². The van der Waals surface area contributed by atoms with Gasteiger partial charge in [0.25, 0.3) is 11.8 Å². The van der Waals surface area contributed by atoms with Crippen LogP contribution in [0.4, 0.5) is 4.79 Å². The topological polar surface area (TPSA) is 111 Å². The molecule has 1 unspecified atom stereocenters. The number of carbonyl (C=O) groups excluding carboxylic acids is 3. The van der Waals surface area contributed by atoms with Crippen molar-refractivity contribution in [1.29, 1.82) is 0 Å². The van der Waals surface area contributed by atoms with Crippen molar-refractivity contribution >= 4 is 17.9 Å². The summed E-state index contributed by atoms with van der Waals surface area (Å²) < 4.78 is 4.72. The number of hydrogen-bond donors (Lipinski definition) is 3. The van der Waals surface area contributed by atoms with E-state index >= 15 is 0 Å². The molecular formula is C25H30N4O5. The van der Waals surface area contributed by atoms with Crippen molar-refractivity contribution in [2.75, 3.05) is 39.8 Å². The van der Waals surface area contributed by atoms with E-state index in [-0.39, 0.29) is 24.4 Å². The van der Waals surface area contributed by atoms with E-state index in [1.807, 2.05) is 12.1 Å². The lowest BCUT2D eigenvalue weighted by atomic mass is 9.93. The molecule has 0 aromatic heterocycles. The van der Waals surface area contributed by atoms with Gasteiger partial charge in [-0.05, 0) is 41.8 Å². The van der Waals surface area contributed by atoms with E-state index in [2.05, 4.69) is 22.8 Å². The highest BCUT2D eigenvalue weighted by atomic mass is 16.5. The van der Waals surface area contributed by atoms with Crippen molar-refractivity contribution in [2.24, 2.45) is 0 Å². The molecule has 1 saturated heterocycles. The van der Waals surface area contributed by atoms with Crippen LogP contribution in [0, 0.1) is 0 Å². The Morgan fingerprint density at radius 1 is 1.00 bits per heavy atom. The molecule has 0 saturated carbocycles. The van der Waals surface area contributed by atoms with Crippen molar-refractivity contribution in [2.45, 2.75) is 25.1 Å². The maximum absolute atomic E-state index is 12.8. The normalized spacial score (nSPS) is 18.6. The number of benzene rings is 2. The average Bonchev–Trinajstić information content (AvgIpc) is 2.90. The summed E-state index contributed by atoms with van der Waals surface area (Å²) in [5, 5.41) is 16.7. The molecule has 2 aromatic rings. The van der Waals surface area contributed by atoms with Gasteiger partial charge in [-0.3, -0.25) is 9.59 Å². The Morgan fingerprint density at radius 2 is 1.62 bits per heavy atom. The second-order valence-corrected chi connectivity index (χ2v) is 8.56. The maximum Gasteiger partial charge on any atom is 0.409 e. The van der Waals surface area contributed by atoms with E-state index in [1.54, 1.807) is 34.1 Å². The third-order valence-electron chi connectivity index (χ3n) is 6.44.